The van der Waals surface area contributed by atoms with Crippen LogP contribution >= 0.6 is 0 Å². The molecule has 92 valence electrons. The van der Waals surface area contributed by atoms with Gasteiger partial charge in [0.25, 0.3) is 0 Å². The Hall–Kier alpha value is -2.87. The van der Waals surface area contributed by atoms with E-state index in [0.29, 0.717) is 22.9 Å². The molecule has 0 aliphatic heterocycles. The Labute approximate surface area is 108 Å². The number of aliphatic carboxylic acids is 1. The molecule has 2 heterocycles. The minimum Gasteiger partial charge on any atom is -0.478 e. The average Bonchev–Trinajstić information content (AvgIpc) is 2.81. The molecule has 19 heavy (non-hydrogen) atoms. The maximum Gasteiger partial charge on any atom is 0.338 e. The van der Waals surface area contributed by atoms with E-state index >= 15 is 0 Å². The van der Waals surface area contributed by atoms with Gasteiger partial charge in [-0.15, -0.1) is 0 Å². The Morgan fingerprint density at radius 2 is 2.16 bits per heavy atom. The zero-order valence-electron chi connectivity index (χ0n) is 9.84. The highest BCUT2D eigenvalue weighted by atomic mass is 16.4. The minimum absolute atomic E-state index is 0.131. The molecule has 0 atom stereocenters. The summed E-state index contributed by atoms with van der Waals surface area (Å²) in [5, 5.41) is 10.1. The van der Waals surface area contributed by atoms with Crippen LogP contribution in [0.3, 0.4) is 0 Å². The first-order valence-corrected chi connectivity index (χ1v) is 5.67. The monoisotopic (exact) mass is 251 g/mol. The quantitative estimate of drug-likeness (QED) is 0.736. The Bertz CT molecular complexity index is 837. The van der Waals surface area contributed by atoms with Crippen molar-refractivity contribution in [1.29, 1.82) is 0 Å². The predicted molar refractivity (Wildman–Crippen MR) is 67.4 cm³/mol. The standard InChI is InChI=1S/C14H9N3O2/c18-14(19)10-2-1-3-11-13(10)17-12(16-11)8-9-4-6-15-7-5-9/h2,4-7H,8H2,(H,16,17)(H,18,19). The van der Waals surface area contributed by atoms with Crippen LogP contribution in [0.5, 0.6) is 0 Å². The van der Waals surface area contributed by atoms with Crippen molar-refractivity contribution in [3.8, 4) is 0 Å². The van der Waals surface area contributed by atoms with Gasteiger partial charge in [0, 0.05) is 24.9 Å². The van der Waals surface area contributed by atoms with Crippen molar-refractivity contribution in [2.45, 2.75) is 6.42 Å². The fraction of sp³-hybridized carbons (Fsp3) is 0.0714. The van der Waals surface area contributed by atoms with E-state index in [1.165, 1.54) is 6.08 Å². The molecule has 0 fully saturated rings. The van der Waals surface area contributed by atoms with Crippen LogP contribution in [0.15, 0.2) is 36.3 Å². The van der Waals surface area contributed by atoms with Gasteiger partial charge in [-0.1, -0.05) is 5.73 Å². The van der Waals surface area contributed by atoms with Crippen molar-refractivity contribution >= 4 is 17.3 Å². The molecule has 5 heteroatoms. The number of carboxylic acid groups (broad SMARTS) is 1. The summed E-state index contributed by atoms with van der Waals surface area (Å²) in [5.41, 5.74) is 6.69. The van der Waals surface area contributed by atoms with Crippen molar-refractivity contribution in [2.24, 2.45) is 0 Å². The zero-order chi connectivity index (χ0) is 13.2. The molecule has 0 saturated carbocycles. The minimum atomic E-state index is -1.02. The van der Waals surface area contributed by atoms with Gasteiger partial charge < -0.3 is 10.1 Å². The smallest absolute Gasteiger partial charge is 0.338 e. The van der Waals surface area contributed by atoms with Gasteiger partial charge >= 0.3 is 5.97 Å². The van der Waals surface area contributed by atoms with Gasteiger partial charge in [0.05, 0.1) is 5.57 Å². The molecule has 0 spiro atoms. The summed E-state index contributed by atoms with van der Waals surface area (Å²) < 4.78 is 0. The molecule has 0 saturated heterocycles. The van der Waals surface area contributed by atoms with Gasteiger partial charge in [-0.2, -0.15) is 0 Å². The van der Waals surface area contributed by atoms with Crippen molar-refractivity contribution in [3.05, 3.63) is 58.4 Å². The lowest BCUT2D eigenvalue weighted by molar-refractivity contribution is -0.130. The van der Waals surface area contributed by atoms with Crippen molar-refractivity contribution < 1.29 is 9.90 Å². The summed E-state index contributed by atoms with van der Waals surface area (Å²) in [5.74, 6) is -0.322. The van der Waals surface area contributed by atoms with Crippen molar-refractivity contribution in [2.75, 3.05) is 0 Å². The molecular weight excluding hydrogens is 242 g/mol. The molecule has 0 radical (unpaired) electrons. The molecular formula is C14H9N3O2. The summed E-state index contributed by atoms with van der Waals surface area (Å²) in [7, 11) is 0. The van der Waals surface area contributed by atoms with E-state index in [-0.39, 0.29) is 5.57 Å². The van der Waals surface area contributed by atoms with E-state index in [2.05, 4.69) is 26.4 Å². The van der Waals surface area contributed by atoms with Gasteiger partial charge in [-0.05, 0) is 23.4 Å². The third kappa shape index (κ3) is 2.11. The summed E-state index contributed by atoms with van der Waals surface area (Å²) in [6.07, 6.45) is 5.38. The summed E-state index contributed by atoms with van der Waals surface area (Å²) in [4.78, 5) is 22.4. The molecule has 2 aromatic rings. The predicted octanol–water partition coefficient (Wildman–Crippen LogP) is -0.265. The number of hydrogen-bond acceptors (Lipinski definition) is 3. The topological polar surface area (TPSA) is 78.9 Å². The molecule has 0 bridgehead atoms. The van der Waals surface area contributed by atoms with Crippen LogP contribution in [0.2, 0.25) is 0 Å². The second kappa shape index (κ2) is 4.42. The Kier molecular flexibility index (Phi) is 2.62. The number of aromatic nitrogens is 3. The van der Waals surface area contributed by atoms with Crippen molar-refractivity contribution in [1.82, 2.24) is 15.0 Å². The van der Waals surface area contributed by atoms with Crippen molar-refractivity contribution in [3.63, 3.8) is 0 Å². The largest absolute Gasteiger partial charge is 0.478 e. The fourth-order valence-corrected chi connectivity index (χ4v) is 1.90. The maximum absolute atomic E-state index is 11.1. The molecule has 0 unspecified atom stereocenters. The first-order chi connectivity index (χ1) is 9.24. The fourth-order valence-electron chi connectivity index (χ4n) is 1.90. The molecule has 1 aliphatic carbocycles. The Balaban J connectivity index is 2.08. The highest BCUT2D eigenvalue weighted by molar-refractivity contribution is 6.12. The number of imidazole rings is 1. The van der Waals surface area contributed by atoms with Crippen LogP contribution in [-0.2, 0) is 11.2 Å². The van der Waals surface area contributed by atoms with Gasteiger partial charge in [0.15, 0.2) is 0 Å². The number of pyridine rings is 1. The third-order valence-electron chi connectivity index (χ3n) is 2.77. The lowest BCUT2D eigenvalue weighted by Gasteiger charge is -1.95. The van der Waals surface area contributed by atoms with E-state index in [9.17, 15) is 4.79 Å². The lowest BCUT2D eigenvalue weighted by Crippen LogP contribution is -2.29. The molecule has 0 aromatic carbocycles. The summed E-state index contributed by atoms with van der Waals surface area (Å²) >= 11 is 0. The second-order valence-corrected chi connectivity index (χ2v) is 4.07. The number of carboxylic acids is 1. The summed E-state index contributed by atoms with van der Waals surface area (Å²) in [6, 6.07) is 3.78. The Morgan fingerprint density at radius 1 is 1.37 bits per heavy atom. The first kappa shape index (κ1) is 11.2. The maximum atomic E-state index is 11.1. The Morgan fingerprint density at radius 3 is 2.89 bits per heavy atom. The number of nitrogens with one attached hydrogen (secondary N) is 1. The van der Waals surface area contributed by atoms with Crippen LogP contribution in [0.1, 0.15) is 11.4 Å². The van der Waals surface area contributed by atoms with Gasteiger partial charge in [-0.3, -0.25) is 4.98 Å². The molecule has 3 rings (SSSR count). The first-order valence-electron chi connectivity index (χ1n) is 5.67. The lowest BCUT2D eigenvalue weighted by atomic mass is 10.2. The van der Waals surface area contributed by atoms with Crippen LogP contribution in [0.25, 0.3) is 11.3 Å². The van der Waals surface area contributed by atoms with Crippen LogP contribution in [-0.4, -0.2) is 26.0 Å². The van der Waals surface area contributed by atoms with E-state index < -0.39 is 5.97 Å². The highest BCUT2D eigenvalue weighted by Gasteiger charge is 2.11. The van der Waals surface area contributed by atoms with Crippen LogP contribution < -0.4 is 10.7 Å². The number of hydrogen-bond donors (Lipinski definition) is 2. The average molecular weight is 251 g/mol. The number of nitrogens with zero attached hydrogens (tertiary/aromatic N) is 2. The van der Waals surface area contributed by atoms with E-state index in [1.54, 1.807) is 12.4 Å². The van der Waals surface area contributed by atoms with Crippen LogP contribution in [0, 0.1) is 0 Å². The third-order valence-corrected chi connectivity index (χ3v) is 2.77. The summed E-state index contributed by atoms with van der Waals surface area (Å²) in [6.45, 7) is 0. The SMILES string of the molecule is O=C(O)C1=c2nc(Cc3ccncc3)[nH]c2=C=C=C1. The molecule has 1 aliphatic rings. The van der Waals surface area contributed by atoms with Gasteiger partial charge in [-0.25, -0.2) is 9.78 Å². The highest BCUT2D eigenvalue weighted by Crippen LogP contribution is 2.02. The van der Waals surface area contributed by atoms with Gasteiger partial charge in [0.2, 0.25) is 0 Å². The molecule has 0 amide bonds. The zero-order valence-corrected chi connectivity index (χ0v) is 9.84. The number of H-pyrrole nitrogens is 1. The van der Waals surface area contributed by atoms with Crippen LogP contribution in [0.4, 0.5) is 0 Å². The molecule has 5 nitrogen and oxygen atoms in total. The number of rotatable bonds is 3. The molecule has 2 N–H and O–H groups in total. The normalized spacial score (nSPS) is 12.1. The van der Waals surface area contributed by atoms with E-state index in [1.807, 2.05) is 12.1 Å². The number of fused-ring (bicyclic) bond motifs is 1. The van der Waals surface area contributed by atoms with E-state index in [0.717, 1.165) is 5.56 Å². The second-order valence-electron chi connectivity index (χ2n) is 4.07. The van der Waals surface area contributed by atoms with E-state index in [4.69, 9.17) is 5.11 Å². The number of aromatic amines is 1. The van der Waals surface area contributed by atoms with Gasteiger partial charge in [0.1, 0.15) is 16.5 Å². The number of carbonyl (C=O) groups is 1. The molecule has 2 aromatic heterocycles.